The molecule has 0 spiro atoms. The molecule has 2 rings (SSSR count). The minimum atomic E-state index is -0.388. The minimum absolute atomic E-state index is 0.0620. The Morgan fingerprint density at radius 2 is 2.05 bits per heavy atom. The second kappa shape index (κ2) is 7.45. The number of piperazine rings is 1. The van der Waals surface area contributed by atoms with Gasteiger partial charge in [0.15, 0.2) is 0 Å². The van der Waals surface area contributed by atoms with Gasteiger partial charge in [-0.25, -0.2) is 4.98 Å². The number of amides is 1. The second-order valence-electron chi connectivity index (χ2n) is 6.10. The van der Waals surface area contributed by atoms with Gasteiger partial charge < -0.3 is 20.3 Å². The molecule has 1 fully saturated rings. The predicted octanol–water partition coefficient (Wildman–Crippen LogP) is 1.11. The minimum Gasteiger partial charge on any atom is -0.497 e. The van der Waals surface area contributed by atoms with Crippen molar-refractivity contribution in [1.82, 2.24) is 9.88 Å². The van der Waals surface area contributed by atoms with E-state index in [0.29, 0.717) is 19.0 Å². The van der Waals surface area contributed by atoms with E-state index in [1.165, 1.54) is 0 Å². The molecule has 0 radical (unpaired) electrons. The maximum atomic E-state index is 12.3. The van der Waals surface area contributed by atoms with Crippen LogP contribution in [0.1, 0.15) is 20.3 Å². The van der Waals surface area contributed by atoms with Gasteiger partial charge in [0, 0.05) is 38.4 Å². The molecule has 1 aliphatic rings. The van der Waals surface area contributed by atoms with Crippen molar-refractivity contribution < 1.29 is 9.53 Å². The average Bonchev–Trinajstić information content (AvgIpc) is 2.53. The van der Waals surface area contributed by atoms with E-state index >= 15 is 0 Å². The molecule has 6 heteroatoms. The molecule has 22 heavy (non-hydrogen) atoms. The van der Waals surface area contributed by atoms with E-state index in [0.717, 1.165) is 31.1 Å². The van der Waals surface area contributed by atoms with Gasteiger partial charge in [0.05, 0.1) is 13.2 Å². The zero-order chi connectivity index (χ0) is 16.1. The number of nitrogens with two attached hydrogens (primary N) is 1. The number of hydrogen-bond acceptors (Lipinski definition) is 5. The van der Waals surface area contributed by atoms with Crippen molar-refractivity contribution in [3.63, 3.8) is 0 Å². The van der Waals surface area contributed by atoms with Gasteiger partial charge in [-0.05, 0) is 18.4 Å². The Bertz CT molecular complexity index is 499. The van der Waals surface area contributed by atoms with Crippen LogP contribution in [0, 0.1) is 5.92 Å². The lowest BCUT2D eigenvalue weighted by molar-refractivity contribution is -0.133. The van der Waals surface area contributed by atoms with Crippen molar-refractivity contribution >= 4 is 11.7 Å². The zero-order valence-electron chi connectivity index (χ0n) is 13.7. The van der Waals surface area contributed by atoms with E-state index in [2.05, 4.69) is 23.7 Å². The molecule has 1 saturated heterocycles. The van der Waals surface area contributed by atoms with Crippen LogP contribution < -0.4 is 15.4 Å². The third-order valence-corrected chi connectivity index (χ3v) is 3.91. The molecule has 0 aliphatic carbocycles. The van der Waals surface area contributed by atoms with E-state index in [-0.39, 0.29) is 11.9 Å². The van der Waals surface area contributed by atoms with E-state index in [9.17, 15) is 4.79 Å². The lowest BCUT2D eigenvalue weighted by atomic mass is 10.0. The zero-order valence-corrected chi connectivity index (χ0v) is 13.7. The summed E-state index contributed by atoms with van der Waals surface area (Å²) >= 11 is 0. The first-order valence-electron chi connectivity index (χ1n) is 7.80. The Morgan fingerprint density at radius 1 is 1.36 bits per heavy atom. The van der Waals surface area contributed by atoms with Gasteiger partial charge in [-0.1, -0.05) is 13.8 Å². The summed E-state index contributed by atoms with van der Waals surface area (Å²) < 4.78 is 5.23. The summed E-state index contributed by atoms with van der Waals surface area (Å²) in [5, 5.41) is 0. The maximum Gasteiger partial charge on any atom is 0.239 e. The monoisotopic (exact) mass is 306 g/mol. The van der Waals surface area contributed by atoms with E-state index in [1.807, 2.05) is 17.0 Å². The number of hydrogen-bond donors (Lipinski definition) is 1. The number of rotatable bonds is 5. The first kappa shape index (κ1) is 16.5. The highest BCUT2D eigenvalue weighted by Gasteiger charge is 2.26. The lowest BCUT2D eigenvalue weighted by Gasteiger charge is -2.36. The van der Waals surface area contributed by atoms with Gasteiger partial charge in [0.2, 0.25) is 5.91 Å². The van der Waals surface area contributed by atoms with Crippen LogP contribution in [0.25, 0.3) is 0 Å². The lowest BCUT2D eigenvalue weighted by Crippen LogP contribution is -2.53. The maximum absolute atomic E-state index is 12.3. The van der Waals surface area contributed by atoms with E-state index < -0.39 is 0 Å². The van der Waals surface area contributed by atoms with Gasteiger partial charge in [0.25, 0.3) is 0 Å². The first-order chi connectivity index (χ1) is 10.5. The van der Waals surface area contributed by atoms with Crippen molar-refractivity contribution in [2.24, 2.45) is 11.7 Å². The van der Waals surface area contributed by atoms with E-state index in [1.54, 1.807) is 13.3 Å². The third kappa shape index (κ3) is 4.10. The van der Waals surface area contributed by atoms with Gasteiger partial charge in [-0.15, -0.1) is 0 Å². The molecule has 6 nitrogen and oxygen atoms in total. The Kier molecular flexibility index (Phi) is 5.60. The summed E-state index contributed by atoms with van der Waals surface area (Å²) in [6.45, 7) is 7.06. The Morgan fingerprint density at radius 3 is 2.64 bits per heavy atom. The Balaban J connectivity index is 1.91. The summed E-state index contributed by atoms with van der Waals surface area (Å²) in [4.78, 5) is 20.7. The Labute approximate surface area is 132 Å². The number of aromatic nitrogens is 1. The van der Waals surface area contributed by atoms with Crippen LogP contribution >= 0.6 is 0 Å². The average molecular weight is 306 g/mol. The first-order valence-corrected chi connectivity index (χ1v) is 7.80. The van der Waals surface area contributed by atoms with Gasteiger partial charge in [-0.3, -0.25) is 4.79 Å². The standard InChI is InChI=1S/C16H26N4O2/c1-12(2)10-14(17)16(21)20-8-6-19(7-9-20)15-11-13(22-3)4-5-18-15/h4-5,11-12,14H,6-10,17H2,1-3H3/t14-/m0/s1. The molecule has 0 bridgehead atoms. The highest BCUT2D eigenvalue weighted by atomic mass is 16.5. The molecular formula is C16H26N4O2. The molecule has 2 N–H and O–H groups in total. The van der Waals surface area contributed by atoms with Crippen LogP contribution in [0.2, 0.25) is 0 Å². The molecule has 2 heterocycles. The fourth-order valence-electron chi connectivity index (χ4n) is 2.70. The highest BCUT2D eigenvalue weighted by Crippen LogP contribution is 2.19. The molecular weight excluding hydrogens is 280 g/mol. The van der Waals surface area contributed by atoms with Gasteiger partial charge in [-0.2, -0.15) is 0 Å². The number of anilines is 1. The molecule has 1 aromatic heterocycles. The molecule has 1 atom stereocenters. The van der Waals surface area contributed by atoms with Crippen LogP contribution in [0.4, 0.5) is 5.82 Å². The van der Waals surface area contributed by atoms with Crippen LogP contribution in [0.5, 0.6) is 5.75 Å². The van der Waals surface area contributed by atoms with Crippen LogP contribution in [-0.4, -0.2) is 55.1 Å². The largest absolute Gasteiger partial charge is 0.497 e. The van der Waals surface area contributed by atoms with Gasteiger partial charge in [0.1, 0.15) is 11.6 Å². The van der Waals surface area contributed by atoms with Crippen LogP contribution in [0.3, 0.4) is 0 Å². The van der Waals surface area contributed by atoms with Crippen molar-refractivity contribution in [3.8, 4) is 5.75 Å². The smallest absolute Gasteiger partial charge is 0.239 e. The fraction of sp³-hybridized carbons (Fsp3) is 0.625. The van der Waals surface area contributed by atoms with Crippen LogP contribution in [-0.2, 0) is 4.79 Å². The number of ether oxygens (including phenoxy) is 1. The fourth-order valence-corrected chi connectivity index (χ4v) is 2.70. The van der Waals surface area contributed by atoms with Crippen LogP contribution in [0.15, 0.2) is 18.3 Å². The normalized spacial score (nSPS) is 16.8. The number of nitrogens with zero attached hydrogens (tertiary/aromatic N) is 3. The molecule has 1 amide bonds. The number of carbonyl (C=O) groups is 1. The quantitative estimate of drug-likeness (QED) is 0.882. The molecule has 122 valence electrons. The summed E-state index contributed by atoms with van der Waals surface area (Å²) in [6, 6.07) is 3.36. The summed E-state index contributed by atoms with van der Waals surface area (Å²) in [5.41, 5.74) is 6.00. The van der Waals surface area contributed by atoms with Crippen molar-refractivity contribution in [2.45, 2.75) is 26.3 Å². The van der Waals surface area contributed by atoms with Crippen molar-refractivity contribution in [2.75, 3.05) is 38.2 Å². The highest BCUT2D eigenvalue weighted by molar-refractivity contribution is 5.81. The molecule has 1 aliphatic heterocycles. The van der Waals surface area contributed by atoms with Crippen molar-refractivity contribution in [3.05, 3.63) is 18.3 Å². The molecule has 0 unspecified atom stereocenters. The topological polar surface area (TPSA) is 71.7 Å². The van der Waals surface area contributed by atoms with E-state index in [4.69, 9.17) is 10.5 Å². The second-order valence-corrected chi connectivity index (χ2v) is 6.10. The molecule has 1 aromatic rings. The summed E-state index contributed by atoms with van der Waals surface area (Å²) in [7, 11) is 1.64. The summed E-state index contributed by atoms with van der Waals surface area (Å²) in [6.07, 6.45) is 2.47. The SMILES string of the molecule is COc1ccnc(N2CCN(C(=O)[C@@H](N)CC(C)C)CC2)c1. The van der Waals surface area contributed by atoms with Crippen molar-refractivity contribution in [1.29, 1.82) is 0 Å². The van der Waals surface area contributed by atoms with Gasteiger partial charge >= 0.3 is 0 Å². The predicted molar refractivity (Wildman–Crippen MR) is 87.0 cm³/mol. The number of pyridine rings is 1. The third-order valence-electron chi connectivity index (χ3n) is 3.91. The summed E-state index contributed by atoms with van der Waals surface area (Å²) in [5.74, 6) is 2.17. The number of methoxy groups -OCH3 is 1. The molecule has 0 aromatic carbocycles. The Hall–Kier alpha value is -1.82. The molecule has 0 saturated carbocycles. The number of carbonyl (C=O) groups excluding carboxylic acids is 1.